The van der Waals surface area contributed by atoms with Crippen LogP contribution in [0.15, 0.2) is 24.3 Å². The molecule has 8 heteroatoms. The van der Waals surface area contributed by atoms with E-state index in [1.54, 1.807) is 21.7 Å². The van der Waals surface area contributed by atoms with Crippen molar-refractivity contribution in [3.8, 4) is 5.69 Å². The van der Waals surface area contributed by atoms with E-state index in [0.717, 1.165) is 13.1 Å². The molecule has 1 amide bonds. The fraction of sp³-hybridized carbons (Fsp3) is 0.471. The van der Waals surface area contributed by atoms with E-state index in [-0.39, 0.29) is 41.9 Å². The van der Waals surface area contributed by atoms with Crippen molar-refractivity contribution in [2.75, 3.05) is 19.6 Å². The molecule has 2 aromatic rings. The average Bonchev–Trinajstić information content (AvgIpc) is 3.00. The van der Waals surface area contributed by atoms with Crippen molar-refractivity contribution in [3.63, 3.8) is 0 Å². The molecule has 1 fully saturated rings. The Bertz CT molecular complexity index is 748. The van der Waals surface area contributed by atoms with E-state index in [9.17, 15) is 9.18 Å². The third kappa shape index (κ3) is 3.99. The SMILES string of the molecule is CC(C)c1nc(C(=O)N2CCNC[C@H]2C)nn1-c1cccc(F)c1.Cl. The molecule has 0 unspecified atom stereocenters. The van der Waals surface area contributed by atoms with Gasteiger partial charge in [-0.2, -0.15) is 0 Å². The van der Waals surface area contributed by atoms with Crippen molar-refractivity contribution < 1.29 is 9.18 Å². The monoisotopic (exact) mass is 367 g/mol. The summed E-state index contributed by atoms with van der Waals surface area (Å²) in [7, 11) is 0. The lowest BCUT2D eigenvalue weighted by Crippen LogP contribution is -2.52. The Morgan fingerprint density at radius 1 is 1.40 bits per heavy atom. The van der Waals surface area contributed by atoms with Crippen LogP contribution in [-0.4, -0.2) is 51.2 Å². The summed E-state index contributed by atoms with van der Waals surface area (Å²) in [5.41, 5.74) is 0.568. The van der Waals surface area contributed by atoms with E-state index < -0.39 is 0 Å². The van der Waals surface area contributed by atoms with E-state index in [2.05, 4.69) is 15.4 Å². The van der Waals surface area contributed by atoms with E-state index in [1.165, 1.54) is 12.1 Å². The second-order valence-corrected chi connectivity index (χ2v) is 6.39. The fourth-order valence-electron chi connectivity index (χ4n) is 2.86. The molecule has 0 spiro atoms. The quantitative estimate of drug-likeness (QED) is 0.904. The molecule has 25 heavy (non-hydrogen) atoms. The van der Waals surface area contributed by atoms with Gasteiger partial charge in [0.05, 0.1) is 5.69 Å². The highest BCUT2D eigenvalue weighted by molar-refractivity contribution is 5.90. The van der Waals surface area contributed by atoms with Crippen LogP contribution in [0.3, 0.4) is 0 Å². The zero-order chi connectivity index (χ0) is 17.3. The first-order chi connectivity index (χ1) is 11.5. The number of nitrogens with zero attached hydrogens (tertiary/aromatic N) is 4. The summed E-state index contributed by atoms with van der Waals surface area (Å²) in [4.78, 5) is 19.0. The van der Waals surface area contributed by atoms with Crippen LogP contribution in [0, 0.1) is 5.82 Å². The van der Waals surface area contributed by atoms with Crippen molar-refractivity contribution in [1.29, 1.82) is 0 Å². The molecule has 1 N–H and O–H groups in total. The van der Waals surface area contributed by atoms with Crippen LogP contribution in [-0.2, 0) is 0 Å². The van der Waals surface area contributed by atoms with Gasteiger partial charge in [-0.1, -0.05) is 19.9 Å². The van der Waals surface area contributed by atoms with Gasteiger partial charge < -0.3 is 10.2 Å². The second kappa shape index (κ2) is 7.93. The standard InChI is InChI=1S/C17H22FN5O.ClH/c1-11(2)16-20-15(17(24)22-8-7-19-10-12(22)3)21-23(16)14-6-4-5-13(18)9-14;/h4-6,9,11-12,19H,7-8,10H2,1-3H3;1H/t12-;/m1./s1. The van der Waals surface area contributed by atoms with Gasteiger partial charge >= 0.3 is 0 Å². The fourth-order valence-corrected chi connectivity index (χ4v) is 2.86. The average molecular weight is 368 g/mol. The van der Waals surface area contributed by atoms with Crippen LogP contribution < -0.4 is 5.32 Å². The number of rotatable bonds is 3. The Kier molecular flexibility index (Phi) is 6.13. The summed E-state index contributed by atoms with van der Waals surface area (Å²) in [6.45, 7) is 8.09. The highest BCUT2D eigenvalue weighted by atomic mass is 35.5. The Morgan fingerprint density at radius 2 is 2.16 bits per heavy atom. The van der Waals surface area contributed by atoms with Crippen LogP contribution in [0.4, 0.5) is 4.39 Å². The minimum absolute atomic E-state index is 0. The Morgan fingerprint density at radius 3 is 2.80 bits per heavy atom. The van der Waals surface area contributed by atoms with E-state index >= 15 is 0 Å². The molecular weight excluding hydrogens is 345 g/mol. The molecular formula is C17H23ClFN5O. The number of nitrogens with one attached hydrogen (secondary N) is 1. The van der Waals surface area contributed by atoms with Crippen LogP contribution in [0.1, 0.15) is 43.1 Å². The summed E-state index contributed by atoms with van der Waals surface area (Å²) in [5, 5.41) is 7.64. The molecule has 2 heterocycles. The second-order valence-electron chi connectivity index (χ2n) is 6.39. The molecule has 3 rings (SSSR count). The van der Waals surface area contributed by atoms with Crippen LogP contribution >= 0.6 is 12.4 Å². The Labute approximate surface area is 152 Å². The lowest BCUT2D eigenvalue weighted by molar-refractivity contribution is 0.0643. The maximum absolute atomic E-state index is 13.5. The smallest absolute Gasteiger partial charge is 0.293 e. The van der Waals surface area contributed by atoms with Crippen molar-refractivity contribution in [2.24, 2.45) is 0 Å². The Hall–Kier alpha value is -1.99. The van der Waals surface area contributed by atoms with Gasteiger partial charge in [0.15, 0.2) is 0 Å². The van der Waals surface area contributed by atoms with E-state index in [4.69, 9.17) is 0 Å². The van der Waals surface area contributed by atoms with Gasteiger partial charge in [0.2, 0.25) is 5.82 Å². The summed E-state index contributed by atoms with van der Waals surface area (Å²) in [6.07, 6.45) is 0. The first kappa shape index (κ1) is 19.3. The molecule has 6 nitrogen and oxygen atoms in total. The van der Waals surface area contributed by atoms with Crippen molar-refractivity contribution >= 4 is 18.3 Å². The van der Waals surface area contributed by atoms with Crippen molar-refractivity contribution in [1.82, 2.24) is 25.0 Å². The third-order valence-corrected chi connectivity index (χ3v) is 4.15. The maximum atomic E-state index is 13.5. The highest BCUT2D eigenvalue weighted by Gasteiger charge is 2.28. The van der Waals surface area contributed by atoms with E-state index in [1.807, 2.05) is 20.8 Å². The van der Waals surface area contributed by atoms with Gasteiger partial charge in [-0.25, -0.2) is 14.1 Å². The maximum Gasteiger partial charge on any atom is 0.293 e. The number of aromatic nitrogens is 3. The number of amides is 1. The minimum atomic E-state index is -0.346. The molecule has 0 radical (unpaired) electrons. The van der Waals surface area contributed by atoms with Gasteiger partial charge in [0.25, 0.3) is 5.91 Å². The molecule has 1 aromatic carbocycles. The number of piperazine rings is 1. The predicted molar refractivity (Wildman–Crippen MR) is 96.0 cm³/mol. The number of halogens is 2. The number of hydrogen-bond acceptors (Lipinski definition) is 4. The minimum Gasteiger partial charge on any atom is -0.331 e. The van der Waals surface area contributed by atoms with Crippen LogP contribution in [0.5, 0.6) is 0 Å². The lowest BCUT2D eigenvalue weighted by atomic mass is 10.2. The largest absolute Gasteiger partial charge is 0.331 e. The van der Waals surface area contributed by atoms with Crippen molar-refractivity contribution in [3.05, 3.63) is 41.7 Å². The van der Waals surface area contributed by atoms with Gasteiger partial charge in [0.1, 0.15) is 11.6 Å². The molecule has 136 valence electrons. The molecule has 1 aromatic heterocycles. The topological polar surface area (TPSA) is 63.1 Å². The van der Waals surface area contributed by atoms with Crippen LogP contribution in [0.25, 0.3) is 5.69 Å². The molecule has 1 aliphatic rings. The molecule has 0 bridgehead atoms. The molecule has 1 atom stereocenters. The number of benzene rings is 1. The zero-order valence-electron chi connectivity index (χ0n) is 14.6. The number of carbonyl (C=O) groups is 1. The molecule has 0 saturated carbocycles. The third-order valence-electron chi connectivity index (χ3n) is 4.15. The number of carbonyl (C=O) groups excluding carboxylic acids is 1. The molecule has 1 saturated heterocycles. The van der Waals surface area contributed by atoms with Crippen molar-refractivity contribution in [2.45, 2.75) is 32.7 Å². The van der Waals surface area contributed by atoms with Crippen LogP contribution in [0.2, 0.25) is 0 Å². The molecule has 1 aliphatic heterocycles. The normalized spacial score (nSPS) is 17.5. The summed E-state index contributed by atoms with van der Waals surface area (Å²) in [6, 6.07) is 6.24. The first-order valence-electron chi connectivity index (χ1n) is 8.22. The molecule has 0 aliphatic carbocycles. The lowest BCUT2D eigenvalue weighted by Gasteiger charge is -2.33. The zero-order valence-corrected chi connectivity index (χ0v) is 15.4. The number of hydrogen-bond donors (Lipinski definition) is 1. The summed E-state index contributed by atoms with van der Waals surface area (Å²) < 4.78 is 15.1. The van der Waals surface area contributed by atoms with Gasteiger partial charge in [-0.3, -0.25) is 4.79 Å². The van der Waals surface area contributed by atoms with Gasteiger partial charge in [-0.15, -0.1) is 17.5 Å². The first-order valence-corrected chi connectivity index (χ1v) is 8.22. The Balaban J connectivity index is 0.00000225. The van der Waals surface area contributed by atoms with E-state index in [0.29, 0.717) is 18.1 Å². The van der Waals surface area contributed by atoms with Gasteiger partial charge in [-0.05, 0) is 25.1 Å². The predicted octanol–water partition coefficient (Wildman–Crippen LogP) is 2.39. The highest BCUT2D eigenvalue weighted by Crippen LogP contribution is 2.19. The summed E-state index contributed by atoms with van der Waals surface area (Å²) in [5.74, 6) is 0.341. The summed E-state index contributed by atoms with van der Waals surface area (Å²) >= 11 is 0. The van der Waals surface area contributed by atoms with Gasteiger partial charge in [0, 0.05) is 31.6 Å².